The van der Waals surface area contributed by atoms with Gasteiger partial charge in [0.15, 0.2) is 5.11 Å². The lowest BCUT2D eigenvalue weighted by Gasteiger charge is -2.08. The SMILES string of the molecule is NNC(=S)Nc1cc(F)ccc1Br. The van der Waals surface area contributed by atoms with Gasteiger partial charge in [0.1, 0.15) is 5.82 Å². The quantitative estimate of drug-likeness (QED) is 0.411. The Kier molecular flexibility index (Phi) is 3.58. The molecular formula is C7H7BrFN3S. The second-order valence-electron chi connectivity index (χ2n) is 2.22. The summed E-state index contributed by atoms with van der Waals surface area (Å²) in [5, 5.41) is 2.94. The molecule has 13 heavy (non-hydrogen) atoms. The molecule has 0 atom stereocenters. The summed E-state index contributed by atoms with van der Waals surface area (Å²) < 4.78 is 13.5. The van der Waals surface area contributed by atoms with E-state index in [0.717, 1.165) is 0 Å². The molecule has 0 bridgehead atoms. The second-order valence-corrected chi connectivity index (χ2v) is 3.49. The molecule has 0 amide bonds. The van der Waals surface area contributed by atoms with Gasteiger partial charge in [-0.15, -0.1) is 0 Å². The first kappa shape index (κ1) is 10.4. The first-order valence-corrected chi connectivity index (χ1v) is 4.56. The zero-order chi connectivity index (χ0) is 9.84. The molecule has 0 radical (unpaired) electrons. The summed E-state index contributed by atoms with van der Waals surface area (Å²) in [6, 6.07) is 4.23. The summed E-state index contributed by atoms with van der Waals surface area (Å²) in [6.45, 7) is 0. The zero-order valence-corrected chi connectivity index (χ0v) is 8.88. The molecule has 1 aromatic rings. The number of thiocarbonyl (C=S) groups is 1. The van der Waals surface area contributed by atoms with Crippen LogP contribution in [0.4, 0.5) is 10.1 Å². The highest BCUT2D eigenvalue weighted by atomic mass is 79.9. The molecule has 0 aliphatic heterocycles. The number of anilines is 1. The monoisotopic (exact) mass is 263 g/mol. The molecule has 0 saturated heterocycles. The molecule has 3 nitrogen and oxygen atoms in total. The largest absolute Gasteiger partial charge is 0.331 e. The van der Waals surface area contributed by atoms with E-state index in [9.17, 15) is 4.39 Å². The van der Waals surface area contributed by atoms with Crippen molar-refractivity contribution in [1.82, 2.24) is 5.43 Å². The lowest BCUT2D eigenvalue weighted by atomic mass is 10.3. The van der Waals surface area contributed by atoms with E-state index < -0.39 is 0 Å². The van der Waals surface area contributed by atoms with E-state index in [1.807, 2.05) is 0 Å². The van der Waals surface area contributed by atoms with Crippen molar-refractivity contribution < 1.29 is 4.39 Å². The highest BCUT2D eigenvalue weighted by molar-refractivity contribution is 9.10. The van der Waals surface area contributed by atoms with Gasteiger partial charge < -0.3 is 10.7 Å². The van der Waals surface area contributed by atoms with Crippen molar-refractivity contribution >= 4 is 38.9 Å². The van der Waals surface area contributed by atoms with Crippen molar-refractivity contribution in [3.63, 3.8) is 0 Å². The zero-order valence-electron chi connectivity index (χ0n) is 6.47. The highest BCUT2D eigenvalue weighted by Gasteiger charge is 2.02. The van der Waals surface area contributed by atoms with E-state index in [2.05, 4.69) is 26.7 Å². The van der Waals surface area contributed by atoms with Crippen LogP contribution in [0.15, 0.2) is 22.7 Å². The molecule has 0 fully saturated rings. The molecule has 0 aliphatic carbocycles. The fourth-order valence-corrected chi connectivity index (χ4v) is 1.21. The Bertz CT molecular complexity index is 332. The maximum Gasteiger partial charge on any atom is 0.185 e. The van der Waals surface area contributed by atoms with Gasteiger partial charge in [-0.05, 0) is 46.3 Å². The predicted molar refractivity (Wildman–Crippen MR) is 57.6 cm³/mol. The predicted octanol–water partition coefficient (Wildman–Crippen LogP) is 1.75. The fourth-order valence-electron chi connectivity index (χ4n) is 0.752. The highest BCUT2D eigenvalue weighted by Crippen LogP contribution is 2.22. The normalized spacial score (nSPS) is 9.46. The average Bonchev–Trinajstić information content (AvgIpc) is 2.11. The van der Waals surface area contributed by atoms with E-state index >= 15 is 0 Å². The number of hydrazine groups is 1. The van der Waals surface area contributed by atoms with Crippen LogP contribution >= 0.6 is 28.1 Å². The van der Waals surface area contributed by atoms with Gasteiger partial charge in [-0.25, -0.2) is 10.2 Å². The summed E-state index contributed by atoms with van der Waals surface area (Å²) in [5.41, 5.74) is 2.77. The van der Waals surface area contributed by atoms with Crippen molar-refractivity contribution in [2.24, 2.45) is 5.84 Å². The minimum absolute atomic E-state index is 0.228. The smallest absolute Gasteiger partial charge is 0.185 e. The molecule has 4 N–H and O–H groups in total. The summed E-state index contributed by atoms with van der Waals surface area (Å²) in [7, 11) is 0. The van der Waals surface area contributed by atoms with Gasteiger partial charge in [0.05, 0.1) is 5.69 Å². The summed E-state index contributed by atoms with van der Waals surface area (Å²) in [4.78, 5) is 0. The van der Waals surface area contributed by atoms with E-state index in [4.69, 9.17) is 18.1 Å². The minimum atomic E-state index is -0.342. The van der Waals surface area contributed by atoms with Gasteiger partial charge in [-0.1, -0.05) is 0 Å². The number of nitrogens with one attached hydrogen (secondary N) is 2. The topological polar surface area (TPSA) is 50.1 Å². The third-order valence-electron chi connectivity index (χ3n) is 1.31. The number of benzene rings is 1. The first-order valence-electron chi connectivity index (χ1n) is 3.36. The van der Waals surface area contributed by atoms with Crippen LogP contribution in [0.5, 0.6) is 0 Å². The van der Waals surface area contributed by atoms with Gasteiger partial charge >= 0.3 is 0 Å². The molecule has 1 rings (SSSR count). The van der Waals surface area contributed by atoms with Crippen LogP contribution < -0.4 is 16.6 Å². The Hall–Kier alpha value is -0.720. The third kappa shape index (κ3) is 2.91. The van der Waals surface area contributed by atoms with Crippen LogP contribution in [-0.2, 0) is 0 Å². The molecule has 0 aliphatic rings. The van der Waals surface area contributed by atoms with Crippen molar-refractivity contribution in [3.8, 4) is 0 Å². The number of nitrogens with two attached hydrogens (primary N) is 1. The van der Waals surface area contributed by atoms with Gasteiger partial charge in [-0.3, -0.25) is 0 Å². The maximum absolute atomic E-state index is 12.7. The minimum Gasteiger partial charge on any atom is -0.331 e. The molecule has 1 aromatic carbocycles. The molecule has 0 saturated carbocycles. The van der Waals surface area contributed by atoms with Crippen molar-refractivity contribution in [2.75, 3.05) is 5.32 Å². The van der Waals surface area contributed by atoms with E-state index in [-0.39, 0.29) is 10.9 Å². The lowest BCUT2D eigenvalue weighted by molar-refractivity contribution is 0.628. The van der Waals surface area contributed by atoms with Crippen LogP contribution in [0, 0.1) is 5.82 Å². The standard InChI is InChI=1S/C7H7BrFN3S/c8-5-2-1-4(9)3-6(5)11-7(13)12-10/h1-3H,10H2,(H2,11,12,13). The summed E-state index contributed by atoms with van der Waals surface area (Å²) >= 11 is 7.98. The first-order chi connectivity index (χ1) is 6.13. The fraction of sp³-hybridized carbons (Fsp3) is 0. The van der Waals surface area contributed by atoms with E-state index in [1.54, 1.807) is 6.07 Å². The van der Waals surface area contributed by atoms with Crippen LogP contribution in [0.25, 0.3) is 0 Å². The number of hydrogen-bond acceptors (Lipinski definition) is 2. The Balaban J connectivity index is 2.87. The summed E-state index contributed by atoms with van der Waals surface area (Å²) in [6.07, 6.45) is 0. The number of halogens is 2. The molecule has 0 aromatic heterocycles. The van der Waals surface area contributed by atoms with Crippen molar-refractivity contribution in [3.05, 3.63) is 28.5 Å². The molecule has 0 spiro atoms. The Labute approximate surface area is 88.6 Å². The number of rotatable bonds is 1. The van der Waals surface area contributed by atoms with Crippen molar-refractivity contribution in [1.29, 1.82) is 0 Å². The van der Waals surface area contributed by atoms with E-state index in [1.165, 1.54) is 12.1 Å². The molecule has 6 heteroatoms. The average molecular weight is 264 g/mol. The van der Waals surface area contributed by atoms with E-state index in [0.29, 0.717) is 10.2 Å². The lowest BCUT2D eigenvalue weighted by Crippen LogP contribution is -2.34. The van der Waals surface area contributed by atoms with Gasteiger partial charge in [-0.2, -0.15) is 0 Å². The van der Waals surface area contributed by atoms with Crippen molar-refractivity contribution in [2.45, 2.75) is 0 Å². The number of hydrogen-bond donors (Lipinski definition) is 3. The van der Waals surface area contributed by atoms with Crippen LogP contribution in [0.1, 0.15) is 0 Å². The third-order valence-corrected chi connectivity index (χ3v) is 2.22. The van der Waals surface area contributed by atoms with Crippen LogP contribution in [0.3, 0.4) is 0 Å². The Morgan fingerprint density at radius 1 is 1.54 bits per heavy atom. The Morgan fingerprint density at radius 2 is 2.23 bits per heavy atom. The molecular weight excluding hydrogens is 257 g/mol. The Morgan fingerprint density at radius 3 is 2.85 bits per heavy atom. The molecule has 0 unspecified atom stereocenters. The van der Waals surface area contributed by atoms with Crippen LogP contribution in [0.2, 0.25) is 0 Å². The summed E-state index contributed by atoms with van der Waals surface area (Å²) in [5.74, 6) is 4.70. The maximum atomic E-state index is 12.7. The second kappa shape index (κ2) is 4.50. The van der Waals surface area contributed by atoms with Crippen LogP contribution in [-0.4, -0.2) is 5.11 Å². The molecule has 0 heterocycles. The van der Waals surface area contributed by atoms with Gasteiger partial charge in [0, 0.05) is 4.47 Å². The van der Waals surface area contributed by atoms with Gasteiger partial charge in [0.25, 0.3) is 0 Å². The molecule has 70 valence electrons. The van der Waals surface area contributed by atoms with Gasteiger partial charge in [0.2, 0.25) is 0 Å².